The van der Waals surface area contributed by atoms with Crippen LogP contribution in [0, 0.1) is 5.82 Å². The van der Waals surface area contributed by atoms with Crippen LogP contribution < -0.4 is 9.47 Å². The molecule has 0 bridgehead atoms. The largest absolute Gasteiger partial charge is 0.496 e. The second-order valence-corrected chi connectivity index (χ2v) is 5.94. The van der Waals surface area contributed by atoms with E-state index in [9.17, 15) is 9.18 Å². The Morgan fingerprint density at radius 2 is 1.67 bits per heavy atom. The molecule has 0 saturated carbocycles. The molecule has 0 aliphatic carbocycles. The number of hydrogen-bond donors (Lipinski definition) is 0. The lowest BCUT2D eigenvalue weighted by Gasteiger charge is -2.12. The number of benzene rings is 2. The van der Waals surface area contributed by atoms with Crippen molar-refractivity contribution in [2.75, 3.05) is 14.2 Å². The third kappa shape index (κ3) is 3.44. The van der Waals surface area contributed by atoms with Crippen molar-refractivity contribution in [3.05, 3.63) is 56.2 Å². The summed E-state index contributed by atoms with van der Waals surface area (Å²) in [7, 11) is 2.96. The molecule has 0 fully saturated rings. The van der Waals surface area contributed by atoms with Crippen LogP contribution in [-0.2, 0) is 0 Å². The zero-order valence-electron chi connectivity index (χ0n) is 11.2. The number of carbonyl (C=O) groups excluding carboxylic acids is 1. The quantitative estimate of drug-likeness (QED) is 0.682. The SMILES string of the molecule is COc1cc(C(=O)c2cc(F)cc(Br)c2)c(OC)cc1Br. The van der Waals surface area contributed by atoms with Crippen molar-refractivity contribution in [1.29, 1.82) is 0 Å². The van der Waals surface area contributed by atoms with E-state index in [-0.39, 0.29) is 11.3 Å². The molecule has 0 heterocycles. The summed E-state index contributed by atoms with van der Waals surface area (Å²) in [6, 6.07) is 7.22. The number of hydrogen-bond acceptors (Lipinski definition) is 3. The minimum atomic E-state index is -0.490. The maximum absolute atomic E-state index is 13.5. The van der Waals surface area contributed by atoms with Crippen LogP contribution in [0.2, 0.25) is 0 Å². The Morgan fingerprint density at radius 1 is 1.00 bits per heavy atom. The van der Waals surface area contributed by atoms with E-state index >= 15 is 0 Å². The van der Waals surface area contributed by atoms with Crippen LogP contribution in [0.3, 0.4) is 0 Å². The summed E-state index contributed by atoms with van der Waals surface area (Å²) in [4.78, 5) is 12.6. The van der Waals surface area contributed by atoms with Crippen LogP contribution in [0.1, 0.15) is 15.9 Å². The summed E-state index contributed by atoms with van der Waals surface area (Å²) in [5, 5.41) is 0. The van der Waals surface area contributed by atoms with E-state index in [2.05, 4.69) is 31.9 Å². The fraction of sp³-hybridized carbons (Fsp3) is 0.133. The van der Waals surface area contributed by atoms with Gasteiger partial charge in [-0.2, -0.15) is 0 Å². The fourth-order valence-electron chi connectivity index (χ4n) is 1.88. The molecule has 0 spiro atoms. The number of methoxy groups -OCH3 is 2. The second-order valence-electron chi connectivity index (χ2n) is 4.17. The molecule has 2 aromatic carbocycles. The molecule has 0 atom stereocenters. The predicted molar refractivity (Wildman–Crippen MR) is 84.8 cm³/mol. The van der Waals surface area contributed by atoms with E-state index in [1.54, 1.807) is 18.2 Å². The van der Waals surface area contributed by atoms with Crippen LogP contribution in [0.15, 0.2) is 39.3 Å². The molecule has 2 rings (SSSR count). The molecule has 0 N–H and O–H groups in total. The van der Waals surface area contributed by atoms with Gasteiger partial charge in [0.15, 0.2) is 5.78 Å². The maximum atomic E-state index is 13.5. The highest BCUT2D eigenvalue weighted by atomic mass is 79.9. The Morgan fingerprint density at radius 3 is 2.24 bits per heavy atom. The number of ketones is 1. The molecule has 6 heteroatoms. The van der Waals surface area contributed by atoms with E-state index in [0.717, 1.165) is 0 Å². The lowest BCUT2D eigenvalue weighted by atomic mass is 10.0. The van der Waals surface area contributed by atoms with Gasteiger partial charge in [0, 0.05) is 10.0 Å². The van der Waals surface area contributed by atoms with Crippen LogP contribution in [0.4, 0.5) is 4.39 Å². The summed E-state index contributed by atoms with van der Waals surface area (Å²) in [6.45, 7) is 0. The molecule has 2 aromatic rings. The van der Waals surface area contributed by atoms with E-state index in [1.807, 2.05) is 0 Å². The molecule has 0 aliphatic rings. The highest BCUT2D eigenvalue weighted by Gasteiger charge is 2.18. The predicted octanol–water partition coefficient (Wildman–Crippen LogP) is 4.60. The average molecular weight is 418 g/mol. The van der Waals surface area contributed by atoms with Crippen molar-refractivity contribution in [1.82, 2.24) is 0 Å². The van der Waals surface area contributed by atoms with Gasteiger partial charge >= 0.3 is 0 Å². The molecule has 110 valence electrons. The normalized spacial score (nSPS) is 10.3. The van der Waals surface area contributed by atoms with Gasteiger partial charge in [0.25, 0.3) is 0 Å². The molecule has 0 aliphatic heterocycles. The van der Waals surface area contributed by atoms with E-state index in [1.165, 1.54) is 26.4 Å². The van der Waals surface area contributed by atoms with Crippen molar-refractivity contribution >= 4 is 37.6 Å². The Kier molecular flexibility index (Phi) is 5.00. The summed E-state index contributed by atoms with van der Waals surface area (Å²) < 4.78 is 25.0. The molecule has 0 unspecified atom stereocenters. The van der Waals surface area contributed by atoms with Crippen molar-refractivity contribution in [3.63, 3.8) is 0 Å². The summed E-state index contributed by atoms with van der Waals surface area (Å²) >= 11 is 6.50. The van der Waals surface area contributed by atoms with Gasteiger partial charge in [0.05, 0.1) is 24.3 Å². The molecule has 0 saturated heterocycles. The molecule has 0 amide bonds. The number of halogens is 3. The third-order valence-corrected chi connectivity index (χ3v) is 3.92. The Balaban J connectivity index is 2.56. The summed E-state index contributed by atoms with van der Waals surface area (Å²) in [5.41, 5.74) is 0.527. The first-order chi connectivity index (χ1) is 9.96. The molecule has 21 heavy (non-hydrogen) atoms. The minimum absolute atomic E-state index is 0.226. The summed E-state index contributed by atoms with van der Waals surface area (Å²) in [6.07, 6.45) is 0. The number of rotatable bonds is 4. The molecule has 0 radical (unpaired) electrons. The number of carbonyl (C=O) groups is 1. The van der Waals surface area contributed by atoms with Crippen molar-refractivity contribution in [2.24, 2.45) is 0 Å². The van der Waals surface area contributed by atoms with Crippen molar-refractivity contribution in [3.8, 4) is 11.5 Å². The lowest BCUT2D eigenvalue weighted by Crippen LogP contribution is -2.05. The smallest absolute Gasteiger partial charge is 0.197 e. The van der Waals surface area contributed by atoms with E-state index in [4.69, 9.17) is 9.47 Å². The zero-order chi connectivity index (χ0) is 15.6. The monoisotopic (exact) mass is 416 g/mol. The average Bonchev–Trinajstić information content (AvgIpc) is 2.45. The van der Waals surface area contributed by atoms with Crippen LogP contribution in [0.25, 0.3) is 0 Å². The number of ether oxygens (including phenoxy) is 2. The minimum Gasteiger partial charge on any atom is -0.496 e. The van der Waals surface area contributed by atoms with Gasteiger partial charge in [-0.1, -0.05) is 15.9 Å². The first kappa shape index (κ1) is 16.0. The van der Waals surface area contributed by atoms with Gasteiger partial charge in [0.2, 0.25) is 0 Å². The van der Waals surface area contributed by atoms with Crippen molar-refractivity contribution in [2.45, 2.75) is 0 Å². The highest BCUT2D eigenvalue weighted by Crippen LogP contribution is 2.34. The van der Waals surface area contributed by atoms with Gasteiger partial charge in [-0.15, -0.1) is 0 Å². The first-order valence-corrected chi connectivity index (χ1v) is 7.47. The van der Waals surface area contributed by atoms with Gasteiger partial charge < -0.3 is 9.47 Å². The zero-order valence-corrected chi connectivity index (χ0v) is 14.4. The van der Waals surface area contributed by atoms with Gasteiger partial charge in [-0.05, 0) is 46.3 Å². The first-order valence-electron chi connectivity index (χ1n) is 5.88. The summed E-state index contributed by atoms with van der Waals surface area (Å²) in [5.74, 6) is 0.0382. The van der Waals surface area contributed by atoms with Gasteiger partial charge in [-0.3, -0.25) is 4.79 Å². The topological polar surface area (TPSA) is 35.5 Å². The van der Waals surface area contributed by atoms with Crippen molar-refractivity contribution < 1.29 is 18.7 Å². The molecular weight excluding hydrogens is 407 g/mol. The van der Waals surface area contributed by atoms with Crippen LogP contribution in [-0.4, -0.2) is 20.0 Å². The Bertz CT molecular complexity index is 681. The molecule has 0 aromatic heterocycles. The Hall–Kier alpha value is -1.40. The van der Waals surface area contributed by atoms with Crippen LogP contribution >= 0.6 is 31.9 Å². The van der Waals surface area contributed by atoms with Crippen LogP contribution in [0.5, 0.6) is 11.5 Å². The van der Waals surface area contributed by atoms with E-state index in [0.29, 0.717) is 26.0 Å². The lowest BCUT2D eigenvalue weighted by molar-refractivity contribution is 0.103. The molecule has 3 nitrogen and oxygen atoms in total. The molecular formula is C15H11Br2FO3. The van der Waals surface area contributed by atoms with Gasteiger partial charge in [0.1, 0.15) is 17.3 Å². The second kappa shape index (κ2) is 6.58. The maximum Gasteiger partial charge on any atom is 0.197 e. The van der Waals surface area contributed by atoms with Gasteiger partial charge in [-0.25, -0.2) is 4.39 Å². The highest BCUT2D eigenvalue weighted by molar-refractivity contribution is 9.10. The van der Waals surface area contributed by atoms with E-state index < -0.39 is 5.82 Å². The Labute approximate surface area is 138 Å². The fourth-order valence-corrected chi connectivity index (χ4v) is 2.83. The standard InChI is InChI=1S/C15H11Br2FO3/c1-20-13-7-12(17)14(21-2)6-11(13)15(19)8-3-9(16)5-10(18)4-8/h3-7H,1-2H3. The third-order valence-electron chi connectivity index (χ3n) is 2.84.